The number of anilines is 1. The quantitative estimate of drug-likeness (QED) is 0.802. The second kappa shape index (κ2) is 5.64. The fraction of sp³-hybridized carbons (Fsp3) is 0.545. The van der Waals surface area contributed by atoms with Crippen molar-refractivity contribution in [3.8, 4) is 0 Å². The lowest BCUT2D eigenvalue weighted by atomic mass is 10.1. The van der Waals surface area contributed by atoms with Crippen LogP contribution in [0, 0.1) is 0 Å². The molecule has 0 aliphatic heterocycles. The summed E-state index contributed by atoms with van der Waals surface area (Å²) in [5, 5.41) is 2.83. The molecular weight excluding hydrogens is 254 g/mol. The molecule has 0 aromatic carbocycles. The predicted octanol–water partition coefficient (Wildman–Crippen LogP) is 0.827. The highest BCUT2D eigenvalue weighted by Crippen LogP contribution is 2.14. The molecule has 1 aromatic rings. The van der Waals surface area contributed by atoms with Crippen LogP contribution in [-0.4, -0.2) is 39.7 Å². The van der Waals surface area contributed by atoms with E-state index in [4.69, 9.17) is 4.74 Å². The van der Waals surface area contributed by atoms with E-state index >= 15 is 0 Å². The van der Waals surface area contributed by atoms with Crippen LogP contribution in [0.5, 0.6) is 0 Å². The lowest BCUT2D eigenvalue weighted by Gasteiger charge is -2.24. The molecule has 0 aliphatic rings. The Labute approximate surface area is 108 Å². The molecule has 0 saturated heterocycles. The number of nitrogens with one attached hydrogen (secondary N) is 2. The topological polar surface area (TPSA) is 80.3 Å². The number of hydrogen-bond donors (Lipinski definition) is 2. The lowest BCUT2D eigenvalue weighted by Crippen LogP contribution is -2.46. The van der Waals surface area contributed by atoms with Crippen LogP contribution in [-0.2, 0) is 14.8 Å². The van der Waals surface area contributed by atoms with Crippen LogP contribution in [0.15, 0.2) is 23.2 Å². The number of hydrogen-bond acceptors (Lipinski definition) is 5. The van der Waals surface area contributed by atoms with Crippen LogP contribution in [0.25, 0.3) is 0 Å². The van der Waals surface area contributed by atoms with Gasteiger partial charge >= 0.3 is 0 Å². The van der Waals surface area contributed by atoms with E-state index in [1.165, 1.54) is 19.4 Å². The third-order valence-electron chi connectivity index (χ3n) is 2.22. The summed E-state index contributed by atoms with van der Waals surface area (Å²) < 4.78 is 31.7. The molecule has 0 atom stereocenters. The van der Waals surface area contributed by atoms with E-state index in [9.17, 15) is 8.42 Å². The molecule has 1 heterocycles. The summed E-state index contributed by atoms with van der Waals surface area (Å²) >= 11 is 0. The highest BCUT2D eigenvalue weighted by molar-refractivity contribution is 7.89. The molecule has 7 heteroatoms. The van der Waals surface area contributed by atoms with Gasteiger partial charge in [0.2, 0.25) is 10.0 Å². The summed E-state index contributed by atoms with van der Waals surface area (Å²) in [4.78, 5) is 4.11. The van der Waals surface area contributed by atoms with E-state index in [1.54, 1.807) is 27.0 Å². The average molecular weight is 273 g/mol. The Balaban J connectivity index is 2.92. The molecule has 0 radical (unpaired) electrons. The van der Waals surface area contributed by atoms with Crippen molar-refractivity contribution in [2.45, 2.75) is 24.3 Å². The number of nitrogens with zero attached hydrogens (tertiary/aromatic N) is 1. The molecule has 102 valence electrons. The molecule has 18 heavy (non-hydrogen) atoms. The van der Waals surface area contributed by atoms with Gasteiger partial charge < -0.3 is 10.1 Å². The molecule has 0 amide bonds. The van der Waals surface area contributed by atoms with Gasteiger partial charge in [-0.25, -0.2) is 18.1 Å². The van der Waals surface area contributed by atoms with Crippen molar-refractivity contribution >= 4 is 15.8 Å². The van der Waals surface area contributed by atoms with Gasteiger partial charge in [0, 0.05) is 20.4 Å². The Morgan fingerprint density at radius 2 is 2.06 bits per heavy atom. The molecule has 1 rings (SSSR count). The van der Waals surface area contributed by atoms with Crippen LogP contribution in [0.2, 0.25) is 0 Å². The first-order valence-corrected chi connectivity index (χ1v) is 6.96. The molecule has 2 N–H and O–H groups in total. The van der Waals surface area contributed by atoms with Crippen LogP contribution in [0.4, 0.5) is 5.82 Å². The van der Waals surface area contributed by atoms with Crippen molar-refractivity contribution in [3.63, 3.8) is 0 Å². The van der Waals surface area contributed by atoms with Crippen molar-refractivity contribution in [2.24, 2.45) is 0 Å². The number of rotatable bonds is 6. The smallest absolute Gasteiger partial charge is 0.242 e. The maximum absolute atomic E-state index is 12.1. The third-order valence-corrected chi connectivity index (χ3v) is 3.90. The van der Waals surface area contributed by atoms with Crippen LogP contribution < -0.4 is 10.0 Å². The Morgan fingerprint density at radius 3 is 2.50 bits per heavy atom. The van der Waals surface area contributed by atoms with Crippen molar-refractivity contribution in [2.75, 3.05) is 26.1 Å². The van der Waals surface area contributed by atoms with E-state index in [2.05, 4.69) is 15.0 Å². The van der Waals surface area contributed by atoms with Crippen LogP contribution in [0.1, 0.15) is 13.8 Å². The molecule has 1 aromatic heterocycles. The third kappa shape index (κ3) is 3.94. The fourth-order valence-electron chi connectivity index (χ4n) is 1.50. The molecule has 0 aliphatic carbocycles. The van der Waals surface area contributed by atoms with Gasteiger partial charge in [-0.15, -0.1) is 0 Å². The lowest BCUT2D eigenvalue weighted by molar-refractivity contribution is 0.141. The Hall–Kier alpha value is -1.18. The van der Waals surface area contributed by atoms with Crippen molar-refractivity contribution in [1.82, 2.24) is 9.71 Å². The minimum absolute atomic E-state index is 0.130. The molecule has 0 saturated carbocycles. The Morgan fingerprint density at radius 1 is 1.39 bits per heavy atom. The fourth-order valence-corrected chi connectivity index (χ4v) is 2.84. The summed E-state index contributed by atoms with van der Waals surface area (Å²) in [6.07, 6.45) is 1.32. The number of ether oxygens (including phenoxy) is 1. The van der Waals surface area contributed by atoms with Gasteiger partial charge in [-0.1, -0.05) is 0 Å². The van der Waals surface area contributed by atoms with Crippen molar-refractivity contribution in [1.29, 1.82) is 0 Å². The van der Waals surface area contributed by atoms with Gasteiger partial charge in [-0.05, 0) is 26.0 Å². The standard InChI is InChI=1S/C11H19N3O3S/c1-11(2,8-17-4)14-18(15,16)9-5-6-10(12-3)13-7-9/h5-7,14H,8H2,1-4H3,(H,12,13). The van der Waals surface area contributed by atoms with Crippen LogP contribution >= 0.6 is 0 Å². The maximum atomic E-state index is 12.1. The van der Waals surface area contributed by atoms with Gasteiger partial charge in [0.05, 0.1) is 12.1 Å². The number of aromatic nitrogens is 1. The van der Waals surface area contributed by atoms with Crippen molar-refractivity contribution < 1.29 is 13.2 Å². The predicted molar refractivity (Wildman–Crippen MR) is 70.1 cm³/mol. The molecule has 0 spiro atoms. The zero-order valence-corrected chi connectivity index (χ0v) is 11.8. The van der Waals surface area contributed by atoms with Gasteiger partial charge in [0.1, 0.15) is 10.7 Å². The minimum atomic E-state index is -3.59. The summed E-state index contributed by atoms with van der Waals surface area (Å²) in [5.74, 6) is 0.616. The van der Waals surface area contributed by atoms with E-state index in [-0.39, 0.29) is 11.5 Å². The van der Waals surface area contributed by atoms with E-state index < -0.39 is 15.6 Å². The number of pyridine rings is 1. The Bertz CT molecular complexity index is 483. The summed E-state index contributed by atoms with van der Waals surface area (Å²) in [5.41, 5.74) is -0.671. The largest absolute Gasteiger partial charge is 0.383 e. The molecule has 6 nitrogen and oxygen atoms in total. The monoisotopic (exact) mass is 273 g/mol. The van der Waals surface area contributed by atoms with E-state index in [0.717, 1.165) is 0 Å². The zero-order chi connectivity index (χ0) is 13.8. The molecule has 0 fully saturated rings. The molecule has 0 bridgehead atoms. The first-order chi connectivity index (χ1) is 8.30. The number of sulfonamides is 1. The normalized spacial score (nSPS) is 12.4. The minimum Gasteiger partial charge on any atom is -0.383 e. The van der Waals surface area contributed by atoms with Gasteiger partial charge in [0.15, 0.2) is 0 Å². The summed E-state index contributed by atoms with van der Waals surface area (Å²) in [7, 11) is -0.340. The zero-order valence-electron chi connectivity index (χ0n) is 11.0. The highest BCUT2D eigenvalue weighted by Gasteiger charge is 2.26. The van der Waals surface area contributed by atoms with Gasteiger partial charge in [0.25, 0.3) is 0 Å². The first-order valence-electron chi connectivity index (χ1n) is 5.47. The molecular formula is C11H19N3O3S. The van der Waals surface area contributed by atoms with Crippen LogP contribution in [0.3, 0.4) is 0 Å². The van der Waals surface area contributed by atoms with Gasteiger partial charge in [-0.2, -0.15) is 0 Å². The summed E-state index contributed by atoms with van der Waals surface area (Å²) in [6.45, 7) is 3.79. The Kier molecular flexibility index (Phi) is 4.66. The molecule has 0 unspecified atom stereocenters. The highest BCUT2D eigenvalue weighted by atomic mass is 32.2. The average Bonchev–Trinajstić information content (AvgIpc) is 2.27. The summed E-state index contributed by atoms with van der Waals surface area (Å²) in [6, 6.07) is 3.11. The van der Waals surface area contributed by atoms with E-state index in [1.807, 2.05) is 0 Å². The number of methoxy groups -OCH3 is 1. The first kappa shape index (κ1) is 14.9. The van der Waals surface area contributed by atoms with Gasteiger partial charge in [-0.3, -0.25) is 0 Å². The van der Waals surface area contributed by atoms with Crippen molar-refractivity contribution in [3.05, 3.63) is 18.3 Å². The SMILES string of the molecule is CNc1ccc(S(=O)(=O)NC(C)(C)COC)cn1. The van der Waals surface area contributed by atoms with E-state index in [0.29, 0.717) is 5.82 Å². The second-order valence-electron chi connectivity index (χ2n) is 4.55. The second-order valence-corrected chi connectivity index (χ2v) is 6.23. The maximum Gasteiger partial charge on any atom is 0.242 e.